The van der Waals surface area contributed by atoms with Crippen LogP contribution in [-0.4, -0.2) is 59.6 Å². The summed E-state index contributed by atoms with van der Waals surface area (Å²) >= 11 is 0. The van der Waals surface area contributed by atoms with Crippen LogP contribution in [0.2, 0.25) is 0 Å². The first-order chi connectivity index (χ1) is 11.1. The van der Waals surface area contributed by atoms with E-state index in [2.05, 4.69) is 15.0 Å². The van der Waals surface area contributed by atoms with Gasteiger partial charge in [0.05, 0.1) is 18.8 Å². The Bertz CT molecular complexity index is 677. The minimum Gasteiger partial charge on any atom is -0.368 e. The zero-order chi connectivity index (χ0) is 16.2. The van der Waals surface area contributed by atoms with Crippen LogP contribution in [0.4, 0.5) is 5.82 Å². The molecule has 0 aromatic carbocycles. The van der Waals surface area contributed by atoms with E-state index in [-0.39, 0.29) is 17.8 Å². The molecule has 2 aromatic heterocycles. The molecule has 1 aliphatic rings. The van der Waals surface area contributed by atoms with E-state index in [4.69, 9.17) is 4.74 Å². The van der Waals surface area contributed by atoms with Gasteiger partial charge in [-0.1, -0.05) is 6.07 Å². The third-order valence-corrected chi connectivity index (χ3v) is 3.65. The maximum absolute atomic E-state index is 12.5. The van der Waals surface area contributed by atoms with Gasteiger partial charge in [0.1, 0.15) is 11.9 Å². The number of morpholine rings is 1. The maximum atomic E-state index is 12.5. The van der Waals surface area contributed by atoms with E-state index in [1.54, 1.807) is 23.4 Å². The number of nitrogens with zero attached hydrogens (tertiary/aromatic N) is 5. The number of carbonyl (C=O) groups is 1. The second kappa shape index (κ2) is 6.70. The van der Waals surface area contributed by atoms with Crippen LogP contribution < -0.4 is 4.90 Å². The number of amides is 1. The van der Waals surface area contributed by atoms with E-state index in [9.17, 15) is 4.79 Å². The van der Waals surface area contributed by atoms with Crippen LogP contribution in [0.15, 0.2) is 36.7 Å². The molecule has 3 rings (SSSR count). The number of ether oxygens (including phenoxy) is 1. The van der Waals surface area contributed by atoms with E-state index in [0.29, 0.717) is 19.7 Å². The fraction of sp³-hybridized carbons (Fsp3) is 0.375. The Morgan fingerprint density at radius 1 is 1.26 bits per heavy atom. The van der Waals surface area contributed by atoms with Gasteiger partial charge in [-0.15, -0.1) is 0 Å². The van der Waals surface area contributed by atoms with Crippen molar-refractivity contribution in [2.75, 3.05) is 38.7 Å². The molecule has 0 saturated carbocycles. The van der Waals surface area contributed by atoms with Crippen molar-refractivity contribution >= 4 is 11.7 Å². The molecule has 1 amide bonds. The van der Waals surface area contributed by atoms with Gasteiger partial charge in [0.25, 0.3) is 5.91 Å². The van der Waals surface area contributed by atoms with Gasteiger partial charge < -0.3 is 14.5 Å². The SMILES string of the molecule is CN(C)c1cccc([C@@H]2CN(C(=O)c3ncccn3)CCO2)n1. The smallest absolute Gasteiger partial charge is 0.291 e. The average Bonchev–Trinajstić information content (AvgIpc) is 2.62. The van der Waals surface area contributed by atoms with E-state index in [1.807, 2.05) is 37.2 Å². The molecular formula is C16H19N5O2. The molecule has 7 heteroatoms. The lowest BCUT2D eigenvalue weighted by Crippen LogP contribution is -2.43. The van der Waals surface area contributed by atoms with Crippen LogP contribution in [0.5, 0.6) is 0 Å². The van der Waals surface area contributed by atoms with Crippen molar-refractivity contribution in [3.05, 3.63) is 48.2 Å². The van der Waals surface area contributed by atoms with Gasteiger partial charge in [0, 0.05) is 33.0 Å². The maximum Gasteiger partial charge on any atom is 0.291 e. The molecule has 3 heterocycles. The van der Waals surface area contributed by atoms with Crippen LogP contribution in [0.3, 0.4) is 0 Å². The first kappa shape index (κ1) is 15.4. The van der Waals surface area contributed by atoms with Crippen LogP contribution >= 0.6 is 0 Å². The zero-order valence-electron chi connectivity index (χ0n) is 13.2. The highest BCUT2D eigenvalue weighted by Gasteiger charge is 2.28. The van der Waals surface area contributed by atoms with Gasteiger partial charge in [0.15, 0.2) is 0 Å². The van der Waals surface area contributed by atoms with Gasteiger partial charge in [-0.2, -0.15) is 0 Å². The van der Waals surface area contributed by atoms with Crippen molar-refractivity contribution in [1.29, 1.82) is 0 Å². The summed E-state index contributed by atoms with van der Waals surface area (Å²) in [7, 11) is 3.88. The average molecular weight is 313 g/mol. The highest BCUT2D eigenvalue weighted by atomic mass is 16.5. The summed E-state index contributed by atoms with van der Waals surface area (Å²) in [6.07, 6.45) is 2.90. The van der Waals surface area contributed by atoms with Crippen molar-refractivity contribution < 1.29 is 9.53 Å². The van der Waals surface area contributed by atoms with Crippen molar-refractivity contribution in [2.45, 2.75) is 6.10 Å². The lowest BCUT2D eigenvalue weighted by atomic mass is 10.2. The third kappa shape index (κ3) is 3.45. The summed E-state index contributed by atoms with van der Waals surface area (Å²) in [5.41, 5.74) is 0.822. The van der Waals surface area contributed by atoms with Crippen molar-refractivity contribution in [1.82, 2.24) is 19.9 Å². The molecule has 1 fully saturated rings. The molecule has 7 nitrogen and oxygen atoms in total. The highest BCUT2D eigenvalue weighted by Crippen LogP contribution is 2.23. The number of pyridine rings is 1. The van der Waals surface area contributed by atoms with Gasteiger partial charge >= 0.3 is 0 Å². The van der Waals surface area contributed by atoms with E-state index in [1.165, 1.54) is 0 Å². The summed E-state index contributed by atoms with van der Waals surface area (Å²) in [6, 6.07) is 7.50. The Morgan fingerprint density at radius 3 is 2.78 bits per heavy atom. The molecule has 1 aliphatic heterocycles. The summed E-state index contributed by atoms with van der Waals surface area (Å²) in [5.74, 6) is 0.895. The Hall–Kier alpha value is -2.54. The molecule has 0 unspecified atom stereocenters. The van der Waals surface area contributed by atoms with Crippen LogP contribution in [0.1, 0.15) is 22.4 Å². The molecule has 0 spiro atoms. The predicted molar refractivity (Wildman–Crippen MR) is 85.2 cm³/mol. The highest BCUT2D eigenvalue weighted by molar-refractivity contribution is 5.90. The summed E-state index contributed by atoms with van der Waals surface area (Å²) in [4.78, 5) is 28.8. The predicted octanol–water partition coefficient (Wildman–Crippen LogP) is 1.15. The number of hydrogen-bond acceptors (Lipinski definition) is 6. The molecule has 0 N–H and O–H groups in total. The first-order valence-electron chi connectivity index (χ1n) is 7.47. The first-order valence-corrected chi connectivity index (χ1v) is 7.47. The van der Waals surface area contributed by atoms with Gasteiger partial charge in [-0.25, -0.2) is 15.0 Å². The van der Waals surface area contributed by atoms with Gasteiger partial charge in [-0.3, -0.25) is 4.79 Å². The molecule has 23 heavy (non-hydrogen) atoms. The van der Waals surface area contributed by atoms with Crippen LogP contribution in [0, 0.1) is 0 Å². The van der Waals surface area contributed by atoms with Crippen molar-refractivity contribution in [3.63, 3.8) is 0 Å². The normalized spacial score (nSPS) is 17.8. The molecule has 0 aliphatic carbocycles. The summed E-state index contributed by atoms with van der Waals surface area (Å²) in [6.45, 7) is 1.44. The molecular weight excluding hydrogens is 294 g/mol. The van der Waals surface area contributed by atoms with Crippen LogP contribution in [0.25, 0.3) is 0 Å². The minimum absolute atomic E-state index is 0.178. The Morgan fingerprint density at radius 2 is 2.04 bits per heavy atom. The molecule has 1 saturated heterocycles. The molecule has 2 aromatic rings. The largest absolute Gasteiger partial charge is 0.368 e. The fourth-order valence-corrected chi connectivity index (χ4v) is 2.43. The van der Waals surface area contributed by atoms with Crippen LogP contribution in [-0.2, 0) is 4.74 Å². The Labute approximate surface area is 134 Å². The van der Waals surface area contributed by atoms with E-state index < -0.39 is 0 Å². The monoisotopic (exact) mass is 313 g/mol. The number of rotatable bonds is 3. The summed E-state index contributed by atoms with van der Waals surface area (Å²) < 4.78 is 5.80. The van der Waals surface area contributed by atoms with Crippen molar-refractivity contribution in [2.24, 2.45) is 0 Å². The second-order valence-corrected chi connectivity index (χ2v) is 5.50. The van der Waals surface area contributed by atoms with Gasteiger partial charge in [-0.05, 0) is 18.2 Å². The quantitative estimate of drug-likeness (QED) is 0.846. The number of aromatic nitrogens is 3. The minimum atomic E-state index is -0.240. The molecule has 1 atom stereocenters. The number of anilines is 1. The summed E-state index contributed by atoms with van der Waals surface area (Å²) in [5, 5.41) is 0. The topological polar surface area (TPSA) is 71.5 Å². The number of hydrogen-bond donors (Lipinski definition) is 0. The van der Waals surface area contributed by atoms with E-state index in [0.717, 1.165) is 11.5 Å². The van der Waals surface area contributed by atoms with E-state index >= 15 is 0 Å². The lowest BCUT2D eigenvalue weighted by Gasteiger charge is -2.32. The molecule has 0 bridgehead atoms. The number of carbonyl (C=O) groups excluding carboxylic acids is 1. The zero-order valence-corrected chi connectivity index (χ0v) is 13.2. The van der Waals surface area contributed by atoms with Gasteiger partial charge in [0.2, 0.25) is 5.82 Å². The Balaban J connectivity index is 1.76. The lowest BCUT2D eigenvalue weighted by molar-refractivity contribution is -0.0250. The second-order valence-electron chi connectivity index (χ2n) is 5.50. The standard InChI is InChI=1S/C16H19N5O2/c1-20(2)14-6-3-5-12(19-14)13-11-21(9-10-23-13)16(22)15-17-7-4-8-18-15/h3-8,13H,9-11H2,1-2H3/t13-/m0/s1. The fourth-order valence-electron chi connectivity index (χ4n) is 2.43. The Kier molecular flexibility index (Phi) is 4.47. The third-order valence-electron chi connectivity index (χ3n) is 3.65. The molecule has 120 valence electrons. The van der Waals surface area contributed by atoms with Crippen molar-refractivity contribution in [3.8, 4) is 0 Å². The molecule has 0 radical (unpaired) electrons.